The Hall–Kier alpha value is -1.97. The summed E-state index contributed by atoms with van der Waals surface area (Å²) in [6, 6.07) is 3.84. The molecule has 8 heteroatoms. The fourth-order valence-electron chi connectivity index (χ4n) is 1.44. The zero-order valence-electron chi connectivity index (χ0n) is 8.78. The molecule has 0 aliphatic heterocycles. The van der Waals surface area contributed by atoms with Crippen LogP contribution in [0.3, 0.4) is 0 Å². The lowest BCUT2D eigenvalue weighted by molar-refractivity contribution is -0.385. The maximum atomic E-state index is 11.0. The van der Waals surface area contributed by atoms with E-state index in [1.807, 2.05) is 0 Å². The molecule has 2 rings (SSSR count). The maximum Gasteiger partial charge on any atom is 0.342 e. The van der Waals surface area contributed by atoms with Crippen molar-refractivity contribution >= 4 is 34.2 Å². The summed E-state index contributed by atoms with van der Waals surface area (Å²) in [5.74, 6) is -1.34. The van der Waals surface area contributed by atoms with Crippen LogP contribution in [-0.2, 0) is 0 Å². The number of carbonyl (C=O) groups is 1. The first kappa shape index (κ1) is 12.5. The van der Waals surface area contributed by atoms with Crippen LogP contribution >= 0.6 is 22.6 Å². The van der Waals surface area contributed by atoms with E-state index in [9.17, 15) is 14.9 Å². The molecule has 0 saturated heterocycles. The van der Waals surface area contributed by atoms with E-state index in [0.717, 1.165) is 9.64 Å². The molecule has 0 aliphatic carbocycles. The zero-order valence-corrected chi connectivity index (χ0v) is 10.9. The van der Waals surface area contributed by atoms with Gasteiger partial charge in [0.15, 0.2) is 0 Å². The Balaban J connectivity index is 2.56. The number of aromatic carboxylic acids is 1. The average Bonchev–Trinajstić information content (AvgIpc) is 2.75. The molecule has 92 valence electrons. The maximum absolute atomic E-state index is 11.0. The van der Waals surface area contributed by atoms with E-state index in [4.69, 9.17) is 5.11 Å². The van der Waals surface area contributed by atoms with Gasteiger partial charge in [-0.05, 0) is 34.7 Å². The van der Waals surface area contributed by atoms with Crippen LogP contribution in [0.25, 0.3) is 5.69 Å². The SMILES string of the molecule is O=C(O)c1cc(-n2cc(I)cn2)ccc1[N+](=O)[O-]. The molecule has 0 atom stereocenters. The van der Waals surface area contributed by atoms with E-state index < -0.39 is 16.6 Å². The molecular formula is C10H6IN3O4. The van der Waals surface area contributed by atoms with Gasteiger partial charge in [-0.1, -0.05) is 0 Å². The molecule has 0 bridgehead atoms. The normalized spacial score (nSPS) is 10.3. The fraction of sp³-hybridized carbons (Fsp3) is 0. The highest BCUT2D eigenvalue weighted by molar-refractivity contribution is 14.1. The largest absolute Gasteiger partial charge is 0.477 e. The lowest BCUT2D eigenvalue weighted by Gasteiger charge is -2.03. The Labute approximate surface area is 114 Å². The topological polar surface area (TPSA) is 98.3 Å². The first-order valence-electron chi connectivity index (χ1n) is 4.71. The van der Waals surface area contributed by atoms with Gasteiger partial charge in [0.1, 0.15) is 5.56 Å². The predicted molar refractivity (Wildman–Crippen MR) is 69.9 cm³/mol. The molecule has 1 N–H and O–H groups in total. The summed E-state index contributed by atoms with van der Waals surface area (Å²) in [6.45, 7) is 0. The first-order valence-corrected chi connectivity index (χ1v) is 5.79. The van der Waals surface area contributed by atoms with Crippen molar-refractivity contribution in [2.75, 3.05) is 0 Å². The third kappa shape index (κ3) is 2.32. The van der Waals surface area contributed by atoms with Crippen LogP contribution in [0.2, 0.25) is 0 Å². The van der Waals surface area contributed by atoms with Crippen LogP contribution in [0.15, 0.2) is 30.6 Å². The molecule has 0 aliphatic rings. The van der Waals surface area contributed by atoms with E-state index in [2.05, 4.69) is 27.7 Å². The van der Waals surface area contributed by atoms with Gasteiger partial charge in [-0.3, -0.25) is 10.1 Å². The van der Waals surface area contributed by atoms with Gasteiger partial charge < -0.3 is 5.11 Å². The molecular weight excluding hydrogens is 353 g/mol. The number of aromatic nitrogens is 2. The second kappa shape index (κ2) is 4.72. The molecule has 2 aromatic rings. The Kier molecular flexibility index (Phi) is 3.28. The molecule has 0 amide bonds. The fourth-order valence-corrected chi connectivity index (χ4v) is 1.83. The number of nitro benzene ring substituents is 1. The van der Waals surface area contributed by atoms with Crippen LogP contribution in [0.5, 0.6) is 0 Å². The zero-order chi connectivity index (χ0) is 13.3. The molecule has 0 fully saturated rings. The van der Waals surface area contributed by atoms with Crippen LogP contribution < -0.4 is 0 Å². The minimum atomic E-state index is -1.34. The molecule has 1 heterocycles. The molecule has 7 nitrogen and oxygen atoms in total. The minimum Gasteiger partial charge on any atom is -0.477 e. The highest BCUT2D eigenvalue weighted by Gasteiger charge is 2.20. The third-order valence-electron chi connectivity index (χ3n) is 2.22. The average molecular weight is 359 g/mol. The van der Waals surface area contributed by atoms with Gasteiger partial charge in [0.25, 0.3) is 5.69 Å². The summed E-state index contributed by atoms with van der Waals surface area (Å²) in [4.78, 5) is 21.0. The third-order valence-corrected chi connectivity index (χ3v) is 2.78. The summed E-state index contributed by atoms with van der Waals surface area (Å²) in [5, 5.41) is 23.7. The van der Waals surface area contributed by atoms with Crippen molar-refractivity contribution in [3.8, 4) is 5.69 Å². The van der Waals surface area contributed by atoms with Gasteiger partial charge in [0.05, 0.1) is 20.4 Å². The number of hydrogen-bond acceptors (Lipinski definition) is 4. The Morgan fingerprint density at radius 3 is 2.72 bits per heavy atom. The van der Waals surface area contributed by atoms with E-state index in [0.29, 0.717) is 5.69 Å². The summed E-state index contributed by atoms with van der Waals surface area (Å²) >= 11 is 2.06. The molecule has 0 radical (unpaired) electrons. The van der Waals surface area contributed by atoms with Gasteiger partial charge in [0, 0.05) is 12.3 Å². The summed E-state index contributed by atoms with van der Waals surface area (Å²) in [7, 11) is 0. The highest BCUT2D eigenvalue weighted by Crippen LogP contribution is 2.22. The summed E-state index contributed by atoms with van der Waals surface area (Å²) in [6.07, 6.45) is 3.29. The molecule has 1 aromatic heterocycles. The van der Waals surface area contributed by atoms with Crippen molar-refractivity contribution in [2.24, 2.45) is 0 Å². The number of nitro groups is 1. The van der Waals surface area contributed by atoms with Crippen LogP contribution in [0.4, 0.5) is 5.69 Å². The van der Waals surface area contributed by atoms with Crippen LogP contribution in [0.1, 0.15) is 10.4 Å². The smallest absolute Gasteiger partial charge is 0.342 e. The Bertz CT molecular complexity index is 638. The second-order valence-electron chi connectivity index (χ2n) is 3.37. The van der Waals surface area contributed by atoms with Crippen molar-refractivity contribution in [1.82, 2.24) is 9.78 Å². The molecule has 0 spiro atoms. The first-order chi connectivity index (χ1) is 8.49. The van der Waals surface area contributed by atoms with E-state index in [-0.39, 0.29) is 5.56 Å². The standard InChI is InChI=1S/C10H6IN3O4/c11-6-4-12-13(5-6)7-1-2-9(14(17)18)8(3-7)10(15)16/h1-5H,(H,15,16). The van der Waals surface area contributed by atoms with Crippen LogP contribution in [0, 0.1) is 13.7 Å². The predicted octanol–water partition coefficient (Wildman–Crippen LogP) is 2.08. The number of halogens is 1. The van der Waals surface area contributed by atoms with Gasteiger partial charge >= 0.3 is 5.97 Å². The van der Waals surface area contributed by atoms with E-state index >= 15 is 0 Å². The lowest BCUT2D eigenvalue weighted by atomic mass is 10.1. The monoisotopic (exact) mass is 359 g/mol. The molecule has 1 aromatic carbocycles. The minimum absolute atomic E-state index is 0.358. The Morgan fingerprint density at radius 2 is 2.22 bits per heavy atom. The second-order valence-corrected chi connectivity index (χ2v) is 4.61. The van der Waals surface area contributed by atoms with Crippen molar-refractivity contribution < 1.29 is 14.8 Å². The lowest BCUT2D eigenvalue weighted by Crippen LogP contribution is -2.05. The molecule has 18 heavy (non-hydrogen) atoms. The number of hydrogen-bond donors (Lipinski definition) is 1. The number of benzene rings is 1. The summed E-state index contributed by atoms with van der Waals surface area (Å²) in [5.41, 5.74) is -0.336. The highest BCUT2D eigenvalue weighted by atomic mass is 127. The molecule has 0 unspecified atom stereocenters. The van der Waals surface area contributed by atoms with Gasteiger partial charge in [-0.2, -0.15) is 5.10 Å². The van der Waals surface area contributed by atoms with Crippen molar-refractivity contribution in [1.29, 1.82) is 0 Å². The number of rotatable bonds is 3. The van der Waals surface area contributed by atoms with E-state index in [1.165, 1.54) is 16.8 Å². The number of carboxylic acids is 1. The van der Waals surface area contributed by atoms with Crippen molar-refractivity contribution in [3.05, 3.63) is 49.8 Å². The van der Waals surface area contributed by atoms with Gasteiger partial charge in [-0.25, -0.2) is 9.48 Å². The van der Waals surface area contributed by atoms with Crippen molar-refractivity contribution in [3.63, 3.8) is 0 Å². The Morgan fingerprint density at radius 1 is 1.50 bits per heavy atom. The van der Waals surface area contributed by atoms with E-state index in [1.54, 1.807) is 12.4 Å². The van der Waals surface area contributed by atoms with Gasteiger partial charge in [-0.15, -0.1) is 0 Å². The van der Waals surface area contributed by atoms with Crippen LogP contribution in [-0.4, -0.2) is 25.8 Å². The molecule has 0 saturated carbocycles. The quantitative estimate of drug-likeness (QED) is 0.514. The van der Waals surface area contributed by atoms with Crippen molar-refractivity contribution in [2.45, 2.75) is 0 Å². The van der Waals surface area contributed by atoms with Gasteiger partial charge in [0.2, 0.25) is 0 Å². The number of nitrogens with zero attached hydrogens (tertiary/aromatic N) is 3. The summed E-state index contributed by atoms with van der Waals surface area (Å²) < 4.78 is 2.33. The number of carboxylic acid groups (broad SMARTS) is 1.